The number of imidazole rings is 1. The lowest BCUT2D eigenvalue weighted by Crippen LogP contribution is -2.45. The van der Waals surface area contributed by atoms with Crippen LogP contribution in [0.4, 0.5) is 0 Å². The van der Waals surface area contributed by atoms with Crippen molar-refractivity contribution in [3.63, 3.8) is 0 Å². The van der Waals surface area contributed by atoms with E-state index in [4.69, 9.17) is 16.6 Å². The van der Waals surface area contributed by atoms with Crippen molar-refractivity contribution in [2.45, 2.75) is 43.8 Å². The molecule has 32 heavy (non-hydrogen) atoms. The zero-order valence-corrected chi connectivity index (χ0v) is 18.3. The van der Waals surface area contributed by atoms with Gasteiger partial charge in [-0.3, -0.25) is 19.2 Å². The minimum Gasteiger partial charge on any atom is -0.480 e. The number of thioether (sulfide) groups is 1. The van der Waals surface area contributed by atoms with Gasteiger partial charge in [0, 0.05) is 50.5 Å². The Bertz CT molecular complexity index is 830. The number of nitrogens with one attached hydrogen (secondary N) is 2. The molecule has 178 valence electrons. The number of rotatable bonds is 14. The van der Waals surface area contributed by atoms with Crippen molar-refractivity contribution in [2.75, 3.05) is 12.3 Å². The van der Waals surface area contributed by atoms with Crippen LogP contribution < -0.4 is 22.1 Å². The van der Waals surface area contributed by atoms with Gasteiger partial charge in [0.25, 0.3) is 0 Å². The molecule has 0 radical (unpaired) electrons. The van der Waals surface area contributed by atoms with Gasteiger partial charge in [0.2, 0.25) is 16.9 Å². The third-order valence-electron chi connectivity index (χ3n) is 4.35. The second kappa shape index (κ2) is 13.4. The van der Waals surface area contributed by atoms with E-state index in [2.05, 4.69) is 15.6 Å². The summed E-state index contributed by atoms with van der Waals surface area (Å²) in [6, 6.07) is -3.59. The summed E-state index contributed by atoms with van der Waals surface area (Å²) < 4.78 is 1.68. The third-order valence-corrected chi connectivity index (χ3v) is 5.42. The van der Waals surface area contributed by atoms with Gasteiger partial charge in [-0.15, -0.1) is 0 Å². The van der Waals surface area contributed by atoms with Crippen LogP contribution in [0.5, 0.6) is 0 Å². The summed E-state index contributed by atoms with van der Waals surface area (Å²) in [5.41, 5.74) is 11.4. The lowest BCUT2D eigenvalue weighted by atomic mass is 10.1. The molecule has 14 heteroatoms. The first-order valence-electron chi connectivity index (χ1n) is 9.67. The number of nitrogens with zero attached hydrogens (tertiary/aromatic N) is 2. The molecule has 1 aromatic heterocycles. The summed E-state index contributed by atoms with van der Waals surface area (Å²) in [5, 5.41) is 22.4. The molecule has 3 unspecified atom stereocenters. The Labute approximate surface area is 188 Å². The van der Waals surface area contributed by atoms with Crippen molar-refractivity contribution < 1.29 is 34.2 Å². The molecule has 0 fully saturated rings. The maximum atomic E-state index is 12.7. The highest BCUT2D eigenvalue weighted by atomic mass is 32.2. The largest absolute Gasteiger partial charge is 0.480 e. The first-order chi connectivity index (χ1) is 15.0. The van der Waals surface area contributed by atoms with E-state index in [9.17, 15) is 29.1 Å². The molecule has 1 heterocycles. The summed E-state index contributed by atoms with van der Waals surface area (Å²) in [6.45, 7) is 0.101. The van der Waals surface area contributed by atoms with E-state index in [-0.39, 0.29) is 38.0 Å². The van der Waals surface area contributed by atoms with Crippen molar-refractivity contribution in [2.24, 2.45) is 18.5 Å². The van der Waals surface area contributed by atoms with Crippen LogP contribution in [-0.2, 0) is 37.4 Å². The van der Waals surface area contributed by atoms with Crippen molar-refractivity contribution >= 4 is 40.6 Å². The van der Waals surface area contributed by atoms with Gasteiger partial charge < -0.3 is 36.9 Å². The number of carbonyl (C=O) groups excluding carboxylic acids is 3. The summed E-state index contributed by atoms with van der Waals surface area (Å²) >= 11 is 0.651. The molecule has 0 aliphatic rings. The number of amides is 2. The second-order valence-corrected chi connectivity index (χ2v) is 7.95. The number of carboxylic acid groups (broad SMARTS) is 2. The van der Waals surface area contributed by atoms with Crippen molar-refractivity contribution in [3.05, 3.63) is 18.2 Å². The lowest BCUT2D eigenvalue weighted by molar-refractivity contribution is -0.141. The second-order valence-electron chi connectivity index (χ2n) is 6.93. The summed E-state index contributed by atoms with van der Waals surface area (Å²) in [6.07, 6.45) is 2.79. The van der Waals surface area contributed by atoms with Gasteiger partial charge >= 0.3 is 11.9 Å². The van der Waals surface area contributed by atoms with Crippen molar-refractivity contribution in [1.29, 1.82) is 0 Å². The molecule has 1 aromatic rings. The average molecular weight is 473 g/mol. The van der Waals surface area contributed by atoms with Gasteiger partial charge in [0.1, 0.15) is 18.1 Å². The minimum atomic E-state index is -1.39. The molecule has 0 aliphatic heterocycles. The molecule has 2 amide bonds. The average Bonchev–Trinajstić information content (AvgIpc) is 3.12. The molecule has 1 rings (SSSR count). The zero-order valence-electron chi connectivity index (χ0n) is 17.5. The number of carbonyl (C=O) groups is 5. The van der Waals surface area contributed by atoms with Gasteiger partial charge in [-0.25, -0.2) is 9.78 Å². The predicted octanol–water partition coefficient (Wildman–Crippen LogP) is -2.18. The summed E-state index contributed by atoms with van der Waals surface area (Å²) in [4.78, 5) is 62.8. The Kier molecular flexibility index (Phi) is 11.4. The fraction of sp³-hybridized carbons (Fsp3) is 0.556. The van der Waals surface area contributed by atoms with E-state index in [1.807, 2.05) is 0 Å². The zero-order chi connectivity index (χ0) is 24.3. The highest BCUT2D eigenvalue weighted by Gasteiger charge is 2.27. The molecule has 13 nitrogen and oxygen atoms in total. The Morgan fingerprint density at radius 1 is 1.09 bits per heavy atom. The lowest BCUT2D eigenvalue weighted by Gasteiger charge is -2.19. The smallest absolute Gasteiger partial charge is 0.327 e. The van der Waals surface area contributed by atoms with E-state index in [1.165, 1.54) is 6.33 Å². The highest BCUT2D eigenvalue weighted by molar-refractivity contribution is 8.13. The Hall–Kier alpha value is -2.97. The maximum Gasteiger partial charge on any atom is 0.327 e. The molecule has 3 atom stereocenters. The topological polar surface area (TPSA) is 220 Å². The number of nitrogens with two attached hydrogens (primary N) is 2. The van der Waals surface area contributed by atoms with Crippen LogP contribution in [-0.4, -0.2) is 79.1 Å². The molecule has 0 saturated heterocycles. The number of aryl methyl sites for hydroxylation is 1. The van der Waals surface area contributed by atoms with Gasteiger partial charge in [0.05, 0.1) is 6.33 Å². The van der Waals surface area contributed by atoms with Crippen LogP contribution >= 0.6 is 11.8 Å². The van der Waals surface area contributed by atoms with E-state index < -0.39 is 47.0 Å². The van der Waals surface area contributed by atoms with E-state index >= 15 is 0 Å². The van der Waals surface area contributed by atoms with Crippen molar-refractivity contribution in [1.82, 2.24) is 20.2 Å². The fourth-order valence-corrected chi connectivity index (χ4v) is 3.40. The molecule has 0 bridgehead atoms. The molecule has 8 N–H and O–H groups in total. The van der Waals surface area contributed by atoms with Crippen LogP contribution in [0.15, 0.2) is 12.5 Å². The van der Waals surface area contributed by atoms with E-state index in [0.29, 0.717) is 17.5 Å². The molecule has 0 saturated carbocycles. The highest BCUT2D eigenvalue weighted by Crippen LogP contribution is 2.13. The number of aliphatic carboxylic acids is 2. The normalized spacial score (nSPS) is 13.6. The SMILES string of the molecule is Cn1cncc1CC(NC(=O)CCN)C(=O)SCC(NC(=O)CCC(N)C(=O)O)C(=O)O. The number of aromatic nitrogens is 2. The van der Waals surface area contributed by atoms with E-state index in [1.54, 1.807) is 17.8 Å². The van der Waals surface area contributed by atoms with Gasteiger partial charge in [0.15, 0.2) is 0 Å². The van der Waals surface area contributed by atoms with Crippen LogP contribution in [0.3, 0.4) is 0 Å². The number of hydrogen-bond acceptors (Lipinski definition) is 9. The first kappa shape index (κ1) is 27.1. The van der Waals surface area contributed by atoms with Crippen LogP contribution in [0.2, 0.25) is 0 Å². The van der Waals surface area contributed by atoms with E-state index in [0.717, 1.165) is 0 Å². The standard InChI is InChI=1S/C18H28N6O7S/c1-24-9-21-7-10(24)6-12(22-15(26)4-5-19)18(31)32-8-13(17(29)30)23-14(25)3-2-11(20)16(27)28/h7,9,11-13H,2-6,8,19-20H2,1H3,(H,22,26)(H,23,25)(H,27,28)(H,29,30). The van der Waals surface area contributed by atoms with Crippen LogP contribution in [0, 0.1) is 0 Å². The quantitative estimate of drug-likeness (QED) is 0.171. The monoisotopic (exact) mass is 472 g/mol. The predicted molar refractivity (Wildman–Crippen MR) is 114 cm³/mol. The Morgan fingerprint density at radius 3 is 2.25 bits per heavy atom. The van der Waals surface area contributed by atoms with Crippen LogP contribution in [0.25, 0.3) is 0 Å². The van der Waals surface area contributed by atoms with Crippen molar-refractivity contribution in [3.8, 4) is 0 Å². The summed E-state index contributed by atoms with van der Waals surface area (Å²) in [7, 11) is 1.73. The fourth-order valence-electron chi connectivity index (χ4n) is 2.50. The minimum absolute atomic E-state index is 0.0200. The molecule has 0 aliphatic carbocycles. The van der Waals surface area contributed by atoms with Gasteiger partial charge in [-0.05, 0) is 6.42 Å². The molecule has 0 aromatic carbocycles. The number of hydrogen-bond donors (Lipinski definition) is 6. The molecular formula is C18H28N6O7S. The Balaban J connectivity index is 2.73. The Morgan fingerprint density at radius 2 is 1.72 bits per heavy atom. The summed E-state index contributed by atoms with van der Waals surface area (Å²) in [5.74, 6) is -4.06. The van der Waals surface area contributed by atoms with Crippen LogP contribution in [0.1, 0.15) is 25.0 Å². The third kappa shape index (κ3) is 9.45. The van der Waals surface area contributed by atoms with Gasteiger partial charge in [-0.2, -0.15) is 0 Å². The maximum absolute atomic E-state index is 12.7. The first-order valence-corrected chi connectivity index (χ1v) is 10.7. The molecule has 0 spiro atoms. The van der Waals surface area contributed by atoms with Gasteiger partial charge in [-0.1, -0.05) is 11.8 Å². The number of carboxylic acids is 2. The molecular weight excluding hydrogens is 444 g/mol.